The Morgan fingerprint density at radius 1 is 0.367 bits per heavy atom. The zero-order valence-corrected chi connectivity index (χ0v) is 37.9. The molecule has 0 aromatic heterocycles. The second-order valence-electron chi connectivity index (χ2n) is 14.7. The molecule has 0 spiro atoms. The Labute approximate surface area is 366 Å². The molecule has 334 valence electrons. The molecule has 0 saturated carbocycles. The average Bonchev–Trinajstić information content (AvgIpc) is 3.24. The molecule has 0 aliphatic heterocycles. The maximum absolute atomic E-state index is 12.7. The Morgan fingerprint density at radius 2 is 0.767 bits per heavy atom. The van der Waals surface area contributed by atoms with Crippen molar-refractivity contribution in [3.8, 4) is 0 Å². The molecular weight excluding hydrogens is 745 g/mol. The van der Waals surface area contributed by atoms with Gasteiger partial charge in [-0.2, -0.15) is 0 Å². The standard InChI is InChI=1S/C54H82O6/c1-4-7-10-13-16-19-22-24-25-26-27-28-29-31-32-35-38-41-44-47-53(56)59-50-51(49-58-52(55)46-43-40-37-34-21-18-15-12-9-6-3)60-54(57)48-45-42-39-36-33-30-23-20-17-14-11-8-5-2/h7-8,10-11,14,16-17,19-20,23-25,27-28,30-33,36,38-39,41,51H,4-6,9,12-13,15,18,21-22,26,29,34-35,37,40,42-50H2,1-3H3/b10-7-,11-8-,17-14-,19-16-,23-20-,25-24-,28-27-,32-31-,33-30-,39-36-,41-38-. The molecule has 0 amide bonds. The lowest BCUT2D eigenvalue weighted by atomic mass is 10.1. The number of rotatable bonds is 39. The van der Waals surface area contributed by atoms with E-state index in [2.05, 4.69) is 87.6 Å². The maximum Gasteiger partial charge on any atom is 0.306 e. The Balaban J connectivity index is 4.61. The van der Waals surface area contributed by atoms with Gasteiger partial charge in [0, 0.05) is 19.3 Å². The average molecular weight is 827 g/mol. The van der Waals surface area contributed by atoms with E-state index < -0.39 is 12.1 Å². The largest absolute Gasteiger partial charge is 0.462 e. The van der Waals surface area contributed by atoms with E-state index in [9.17, 15) is 14.4 Å². The summed E-state index contributed by atoms with van der Waals surface area (Å²) >= 11 is 0. The van der Waals surface area contributed by atoms with Gasteiger partial charge >= 0.3 is 17.9 Å². The molecule has 0 saturated heterocycles. The SMILES string of the molecule is CC\C=C/C=C\C=C/C=C\C=C/CCCC(=O)OC(COC(=O)CC/C=C\C/C=C\C/C=C\C/C=C\C/C=C\C/C=C\CC)COC(=O)CCCCCCCCCCCC. The summed E-state index contributed by atoms with van der Waals surface area (Å²) in [5, 5.41) is 0. The van der Waals surface area contributed by atoms with Gasteiger partial charge in [0.25, 0.3) is 0 Å². The van der Waals surface area contributed by atoms with E-state index >= 15 is 0 Å². The van der Waals surface area contributed by atoms with Gasteiger partial charge in [0.2, 0.25) is 0 Å². The molecule has 0 heterocycles. The maximum atomic E-state index is 12.7. The Hall–Kier alpha value is -4.45. The van der Waals surface area contributed by atoms with Crippen molar-refractivity contribution in [2.45, 2.75) is 175 Å². The molecule has 0 rings (SSSR count). The molecule has 60 heavy (non-hydrogen) atoms. The quantitative estimate of drug-likeness (QED) is 0.0202. The molecule has 1 unspecified atom stereocenters. The minimum absolute atomic E-state index is 0.134. The molecule has 6 nitrogen and oxygen atoms in total. The van der Waals surface area contributed by atoms with Crippen LogP contribution in [0.1, 0.15) is 168 Å². The van der Waals surface area contributed by atoms with Crippen LogP contribution in [0.2, 0.25) is 0 Å². The summed E-state index contributed by atoms with van der Waals surface area (Å²) < 4.78 is 16.6. The van der Waals surface area contributed by atoms with Crippen LogP contribution in [-0.4, -0.2) is 37.2 Å². The molecule has 1 atom stereocenters. The van der Waals surface area contributed by atoms with Crippen molar-refractivity contribution in [2.75, 3.05) is 13.2 Å². The first-order chi connectivity index (χ1) is 29.5. The first-order valence-corrected chi connectivity index (χ1v) is 23.3. The molecule has 0 aromatic carbocycles. The predicted molar refractivity (Wildman–Crippen MR) is 256 cm³/mol. The van der Waals surface area contributed by atoms with E-state index in [1.807, 2.05) is 66.8 Å². The highest BCUT2D eigenvalue weighted by Gasteiger charge is 2.19. The lowest BCUT2D eigenvalue weighted by Gasteiger charge is -2.18. The van der Waals surface area contributed by atoms with Crippen LogP contribution >= 0.6 is 0 Å². The second-order valence-corrected chi connectivity index (χ2v) is 14.7. The van der Waals surface area contributed by atoms with E-state index in [0.29, 0.717) is 25.7 Å². The molecular formula is C54H82O6. The third kappa shape index (κ3) is 44.6. The molecule has 0 aliphatic carbocycles. The smallest absolute Gasteiger partial charge is 0.306 e. The number of unbranched alkanes of at least 4 members (excludes halogenated alkanes) is 10. The van der Waals surface area contributed by atoms with Gasteiger partial charge in [-0.25, -0.2) is 0 Å². The zero-order chi connectivity index (χ0) is 43.7. The van der Waals surface area contributed by atoms with Crippen LogP contribution in [0.5, 0.6) is 0 Å². The Kier molecular flexibility index (Phi) is 43.7. The number of carbonyl (C=O) groups is 3. The number of hydrogen-bond donors (Lipinski definition) is 0. The summed E-state index contributed by atoms with van der Waals surface area (Å²) in [4.78, 5) is 37.7. The summed E-state index contributed by atoms with van der Waals surface area (Å²) in [6.07, 6.45) is 66.0. The van der Waals surface area contributed by atoms with Crippen LogP contribution in [0.25, 0.3) is 0 Å². The molecule has 0 N–H and O–H groups in total. The number of carbonyl (C=O) groups excluding carboxylic acids is 3. The molecule has 0 radical (unpaired) electrons. The van der Waals surface area contributed by atoms with Crippen LogP contribution < -0.4 is 0 Å². The fourth-order valence-corrected chi connectivity index (χ4v) is 5.61. The van der Waals surface area contributed by atoms with Crippen molar-refractivity contribution in [1.82, 2.24) is 0 Å². The van der Waals surface area contributed by atoms with Gasteiger partial charge < -0.3 is 14.2 Å². The summed E-state index contributed by atoms with van der Waals surface area (Å²) in [5.41, 5.74) is 0. The topological polar surface area (TPSA) is 78.9 Å². The van der Waals surface area contributed by atoms with Crippen molar-refractivity contribution >= 4 is 17.9 Å². The minimum Gasteiger partial charge on any atom is -0.462 e. The normalized spacial score (nSPS) is 13.3. The molecule has 0 bridgehead atoms. The van der Waals surface area contributed by atoms with E-state index in [4.69, 9.17) is 14.2 Å². The van der Waals surface area contributed by atoms with Crippen molar-refractivity contribution < 1.29 is 28.6 Å². The van der Waals surface area contributed by atoms with E-state index in [1.165, 1.54) is 44.9 Å². The molecule has 0 aromatic rings. The van der Waals surface area contributed by atoms with Crippen molar-refractivity contribution in [2.24, 2.45) is 0 Å². The summed E-state index contributed by atoms with van der Waals surface area (Å²) in [7, 11) is 0. The lowest BCUT2D eigenvalue weighted by molar-refractivity contribution is -0.166. The zero-order valence-electron chi connectivity index (χ0n) is 37.9. The molecule has 0 aliphatic rings. The monoisotopic (exact) mass is 827 g/mol. The van der Waals surface area contributed by atoms with Crippen molar-refractivity contribution in [1.29, 1.82) is 0 Å². The number of ether oxygens (including phenoxy) is 3. The molecule has 6 heteroatoms. The van der Waals surface area contributed by atoms with Gasteiger partial charge in [-0.05, 0) is 70.6 Å². The van der Waals surface area contributed by atoms with Crippen LogP contribution in [0.4, 0.5) is 0 Å². The molecule has 0 fully saturated rings. The summed E-state index contributed by atoms with van der Waals surface area (Å²) in [6, 6.07) is 0. The van der Waals surface area contributed by atoms with E-state index in [0.717, 1.165) is 64.2 Å². The van der Waals surface area contributed by atoms with Crippen molar-refractivity contribution in [3.63, 3.8) is 0 Å². The fourth-order valence-electron chi connectivity index (χ4n) is 5.61. The van der Waals surface area contributed by atoms with Gasteiger partial charge in [-0.3, -0.25) is 14.4 Å². The van der Waals surface area contributed by atoms with Crippen LogP contribution in [0, 0.1) is 0 Å². The third-order valence-corrected chi connectivity index (χ3v) is 9.04. The Bertz CT molecular complexity index is 1370. The van der Waals surface area contributed by atoms with Crippen LogP contribution in [0.3, 0.4) is 0 Å². The van der Waals surface area contributed by atoms with Gasteiger partial charge in [-0.15, -0.1) is 0 Å². The summed E-state index contributed by atoms with van der Waals surface area (Å²) in [6.45, 7) is 6.20. The number of esters is 3. The fraction of sp³-hybridized carbons (Fsp3) is 0.537. The van der Waals surface area contributed by atoms with Crippen LogP contribution in [-0.2, 0) is 28.6 Å². The highest BCUT2D eigenvalue weighted by atomic mass is 16.6. The number of allylic oxidation sites excluding steroid dienone is 22. The highest BCUT2D eigenvalue weighted by Crippen LogP contribution is 2.12. The van der Waals surface area contributed by atoms with Crippen molar-refractivity contribution in [3.05, 3.63) is 134 Å². The van der Waals surface area contributed by atoms with E-state index in [1.54, 1.807) is 0 Å². The van der Waals surface area contributed by atoms with Gasteiger partial charge in [0.05, 0.1) is 0 Å². The van der Waals surface area contributed by atoms with Gasteiger partial charge in [0.1, 0.15) is 13.2 Å². The lowest BCUT2D eigenvalue weighted by Crippen LogP contribution is -2.30. The minimum atomic E-state index is -0.847. The van der Waals surface area contributed by atoms with E-state index in [-0.39, 0.29) is 38.0 Å². The van der Waals surface area contributed by atoms with Gasteiger partial charge in [-0.1, -0.05) is 212 Å². The third-order valence-electron chi connectivity index (χ3n) is 9.04. The first kappa shape index (κ1) is 55.6. The first-order valence-electron chi connectivity index (χ1n) is 23.3. The van der Waals surface area contributed by atoms with Gasteiger partial charge in [0.15, 0.2) is 6.10 Å². The Morgan fingerprint density at radius 3 is 1.27 bits per heavy atom. The predicted octanol–water partition coefficient (Wildman–Crippen LogP) is 15.1. The number of hydrogen-bond acceptors (Lipinski definition) is 6. The summed E-state index contributed by atoms with van der Waals surface area (Å²) in [5.74, 6) is -1.11. The van der Waals surface area contributed by atoms with Crippen LogP contribution in [0.15, 0.2) is 134 Å². The highest BCUT2D eigenvalue weighted by molar-refractivity contribution is 5.71. The second kappa shape index (κ2) is 47.2.